The minimum atomic E-state index is -3.57. The molecular weight excluding hydrogens is 358 g/mol. The number of benzene rings is 1. The molecule has 1 aliphatic heterocycles. The molecule has 6 atom stereocenters. The Balaban J connectivity index is 1.59. The molecule has 27 heavy (non-hydrogen) atoms. The number of sulfonamides is 1. The van der Waals surface area contributed by atoms with E-state index in [1.165, 1.54) is 19.3 Å². The topological polar surface area (TPSA) is 50.5 Å². The Kier molecular flexibility index (Phi) is 4.03. The molecule has 0 amide bonds. The molecule has 3 fully saturated rings. The van der Waals surface area contributed by atoms with Crippen molar-refractivity contribution in [2.75, 3.05) is 6.54 Å². The lowest BCUT2D eigenvalue weighted by atomic mass is 9.68. The number of hydrogen-bond donors (Lipinski definition) is 0. The van der Waals surface area contributed by atoms with Gasteiger partial charge in [0.25, 0.3) is 0 Å². The van der Waals surface area contributed by atoms with E-state index in [0.717, 1.165) is 17.2 Å². The second-order valence-corrected chi connectivity index (χ2v) is 10.7. The maximum absolute atomic E-state index is 13.6. The van der Waals surface area contributed by atoms with Gasteiger partial charge in [-0.1, -0.05) is 24.6 Å². The second kappa shape index (κ2) is 6.21. The summed E-state index contributed by atoms with van der Waals surface area (Å²) in [6.45, 7) is 4.84. The normalized spacial score (nSPS) is 36.1. The number of rotatable bonds is 3. The minimum absolute atomic E-state index is 0.216. The molecule has 1 aromatic carbocycles. The molecule has 0 unspecified atom stereocenters. The summed E-state index contributed by atoms with van der Waals surface area (Å²) in [4.78, 5) is 0.387. The van der Waals surface area contributed by atoms with E-state index in [0.29, 0.717) is 29.2 Å². The van der Waals surface area contributed by atoms with Crippen LogP contribution < -0.4 is 0 Å². The Morgan fingerprint density at radius 3 is 2.52 bits per heavy atom. The monoisotopic (exact) mass is 385 g/mol. The lowest BCUT2D eigenvalue weighted by molar-refractivity contribution is 0.0211. The molecule has 2 aliphatic carbocycles. The molecule has 2 heterocycles. The number of nitrogens with zero attached hydrogens (tertiary/aromatic N) is 1. The van der Waals surface area contributed by atoms with E-state index in [9.17, 15) is 8.42 Å². The van der Waals surface area contributed by atoms with Crippen molar-refractivity contribution >= 4 is 10.0 Å². The predicted octanol–water partition coefficient (Wildman–Crippen LogP) is 4.63. The van der Waals surface area contributed by atoms with Crippen LogP contribution in [-0.2, 0) is 10.0 Å². The SMILES string of the molecule is Cc1ccc(S(=O)(=O)N2C[C@@H]3[C@H]4CC[C@H](C4)[C@@H]3[C@@H](C)[C@@H]2c2ccco2)cc1. The van der Waals surface area contributed by atoms with Crippen molar-refractivity contribution in [1.29, 1.82) is 0 Å². The standard InChI is InChI=1S/C22H27NO3S/c1-14-5-9-18(10-6-14)27(24,25)23-13-19-16-7-8-17(12-16)21(19)15(2)22(23)20-4-3-11-26-20/h3-6,9-11,15-17,19,21-22H,7-8,12-13H2,1-2H3/t15-,16+,17-,19-,21+,22-/m1/s1. The Morgan fingerprint density at radius 2 is 1.81 bits per heavy atom. The molecule has 2 saturated carbocycles. The zero-order valence-electron chi connectivity index (χ0n) is 15.9. The smallest absolute Gasteiger partial charge is 0.243 e. The van der Waals surface area contributed by atoms with Crippen LogP contribution in [0.5, 0.6) is 0 Å². The third kappa shape index (κ3) is 2.62. The fourth-order valence-electron chi connectivity index (χ4n) is 6.29. The first-order valence-corrected chi connectivity index (χ1v) is 11.5. The van der Waals surface area contributed by atoms with Crippen LogP contribution in [0.4, 0.5) is 0 Å². The van der Waals surface area contributed by atoms with Gasteiger partial charge in [-0.05, 0) is 80.0 Å². The van der Waals surface area contributed by atoms with Gasteiger partial charge in [-0.3, -0.25) is 0 Å². The van der Waals surface area contributed by atoms with Crippen LogP contribution in [0.25, 0.3) is 0 Å². The molecule has 5 rings (SSSR count). The third-order valence-electron chi connectivity index (χ3n) is 7.43. The summed E-state index contributed by atoms with van der Waals surface area (Å²) in [5.41, 5.74) is 1.07. The average Bonchev–Trinajstić information content (AvgIpc) is 3.39. The zero-order chi connectivity index (χ0) is 18.8. The van der Waals surface area contributed by atoms with E-state index in [1.807, 2.05) is 31.2 Å². The number of hydrogen-bond acceptors (Lipinski definition) is 3. The first-order valence-electron chi connectivity index (χ1n) is 10.1. The largest absolute Gasteiger partial charge is 0.468 e. The molecular formula is C22H27NO3S. The first kappa shape index (κ1) is 17.5. The summed E-state index contributed by atoms with van der Waals surface area (Å²) in [5, 5.41) is 0. The molecule has 1 aromatic heterocycles. The molecule has 5 heteroatoms. The van der Waals surface area contributed by atoms with Gasteiger partial charge >= 0.3 is 0 Å². The Hall–Kier alpha value is -1.59. The van der Waals surface area contributed by atoms with Gasteiger partial charge in [0.05, 0.1) is 17.2 Å². The van der Waals surface area contributed by atoms with E-state index < -0.39 is 10.0 Å². The van der Waals surface area contributed by atoms with Crippen LogP contribution in [0.15, 0.2) is 52.0 Å². The molecule has 1 saturated heterocycles. The quantitative estimate of drug-likeness (QED) is 0.774. The molecule has 2 bridgehead atoms. The van der Waals surface area contributed by atoms with Gasteiger partial charge < -0.3 is 4.42 Å². The highest BCUT2D eigenvalue weighted by Gasteiger charge is 2.57. The maximum Gasteiger partial charge on any atom is 0.243 e. The van der Waals surface area contributed by atoms with E-state index in [4.69, 9.17) is 4.42 Å². The summed E-state index contributed by atoms with van der Waals surface area (Å²) in [5.74, 6) is 3.60. The maximum atomic E-state index is 13.6. The highest BCUT2D eigenvalue weighted by atomic mass is 32.2. The highest BCUT2D eigenvalue weighted by molar-refractivity contribution is 7.89. The van der Waals surface area contributed by atoms with E-state index >= 15 is 0 Å². The Labute approximate surface area is 161 Å². The van der Waals surface area contributed by atoms with Crippen molar-refractivity contribution in [3.8, 4) is 0 Å². The van der Waals surface area contributed by atoms with Gasteiger partial charge in [-0.25, -0.2) is 8.42 Å². The molecule has 0 N–H and O–H groups in total. The molecule has 0 radical (unpaired) electrons. The zero-order valence-corrected chi connectivity index (χ0v) is 16.7. The van der Waals surface area contributed by atoms with Gasteiger partial charge in [0.15, 0.2) is 0 Å². The Morgan fingerprint density at radius 1 is 1.07 bits per heavy atom. The third-order valence-corrected chi connectivity index (χ3v) is 9.29. The molecule has 144 valence electrons. The second-order valence-electron chi connectivity index (χ2n) is 8.78. The van der Waals surface area contributed by atoms with E-state index in [-0.39, 0.29) is 12.0 Å². The predicted molar refractivity (Wildman–Crippen MR) is 103 cm³/mol. The van der Waals surface area contributed by atoms with E-state index in [2.05, 4.69) is 6.92 Å². The Bertz CT molecular complexity index is 919. The van der Waals surface area contributed by atoms with Crippen LogP contribution >= 0.6 is 0 Å². The van der Waals surface area contributed by atoms with Crippen molar-refractivity contribution in [3.63, 3.8) is 0 Å². The molecule has 4 nitrogen and oxygen atoms in total. The summed E-state index contributed by atoms with van der Waals surface area (Å²) >= 11 is 0. The molecule has 0 spiro atoms. The number of fused-ring (bicyclic) bond motifs is 5. The van der Waals surface area contributed by atoms with Crippen molar-refractivity contribution < 1.29 is 12.8 Å². The van der Waals surface area contributed by atoms with Gasteiger partial charge in [0.1, 0.15) is 5.76 Å². The lowest BCUT2D eigenvalue weighted by Crippen LogP contribution is -2.51. The van der Waals surface area contributed by atoms with Crippen LogP contribution in [0.1, 0.15) is 43.6 Å². The van der Waals surface area contributed by atoms with Gasteiger partial charge in [0, 0.05) is 6.54 Å². The lowest BCUT2D eigenvalue weighted by Gasteiger charge is -2.48. The summed E-state index contributed by atoms with van der Waals surface area (Å²) in [6, 6.07) is 10.8. The van der Waals surface area contributed by atoms with Crippen molar-refractivity contribution in [1.82, 2.24) is 4.31 Å². The van der Waals surface area contributed by atoms with E-state index in [1.54, 1.807) is 22.7 Å². The average molecular weight is 386 g/mol. The van der Waals surface area contributed by atoms with Crippen molar-refractivity contribution in [3.05, 3.63) is 54.0 Å². The van der Waals surface area contributed by atoms with Crippen molar-refractivity contribution in [2.45, 2.75) is 44.0 Å². The number of piperidine rings is 1. The fourth-order valence-corrected chi connectivity index (χ4v) is 8.01. The molecule has 3 aliphatic rings. The first-order chi connectivity index (χ1) is 13.0. The van der Waals surface area contributed by atoms with Crippen LogP contribution in [0.2, 0.25) is 0 Å². The fraction of sp³-hybridized carbons (Fsp3) is 0.545. The van der Waals surface area contributed by atoms with Gasteiger partial charge in [0.2, 0.25) is 10.0 Å². The number of furan rings is 1. The van der Waals surface area contributed by atoms with Crippen molar-refractivity contribution in [2.24, 2.45) is 29.6 Å². The van der Waals surface area contributed by atoms with Crippen LogP contribution in [0, 0.1) is 36.5 Å². The minimum Gasteiger partial charge on any atom is -0.468 e. The summed E-state index contributed by atoms with van der Waals surface area (Å²) in [6.07, 6.45) is 5.52. The number of aryl methyl sites for hydroxylation is 1. The van der Waals surface area contributed by atoms with Crippen LogP contribution in [0.3, 0.4) is 0 Å². The summed E-state index contributed by atoms with van der Waals surface area (Å²) < 4.78 is 34.8. The van der Waals surface area contributed by atoms with Gasteiger partial charge in [-0.2, -0.15) is 4.31 Å². The van der Waals surface area contributed by atoms with Gasteiger partial charge in [-0.15, -0.1) is 0 Å². The summed E-state index contributed by atoms with van der Waals surface area (Å²) in [7, 11) is -3.57. The highest BCUT2D eigenvalue weighted by Crippen LogP contribution is 2.60. The molecule has 2 aromatic rings. The van der Waals surface area contributed by atoms with Crippen LogP contribution in [-0.4, -0.2) is 19.3 Å².